The summed E-state index contributed by atoms with van der Waals surface area (Å²) < 4.78 is 68.1. The van der Waals surface area contributed by atoms with Crippen LogP contribution in [0.5, 0.6) is 11.5 Å². The van der Waals surface area contributed by atoms with Crippen molar-refractivity contribution in [3.8, 4) is 11.5 Å². The van der Waals surface area contributed by atoms with Gasteiger partial charge in [0.05, 0.1) is 35.2 Å². The Labute approximate surface area is 248 Å². The molecular formula is C28H29N3O10S2. The second kappa shape index (κ2) is 12.3. The van der Waals surface area contributed by atoms with Crippen molar-refractivity contribution in [2.24, 2.45) is 7.05 Å². The topological polar surface area (TPSA) is 173 Å². The van der Waals surface area contributed by atoms with E-state index >= 15 is 0 Å². The zero-order valence-electron chi connectivity index (χ0n) is 23.4. The normalized spacial score (nSPS) is 11.9. The summed E-state index contributed by atoms with van der Waals surface area (Å²) in [6.07, 6.45) is 1.55. The minimum Gasteiger partial charge on any atom is -0.497 e. The summed E-state index contributed by atoms with van der Waals surface area (Å²) in [5.41, 5.74) is 0.695. The number of methoxy groups -OCH3 is 2. The molecule has 0 saturated heterocycles. The molecule has 43 heavy (non-hydrogen) atoms. The van der Waals surface area contributed by atoms with Gasteiger partial charge >= 0.3 is 11.9 Å². The lowest BCUT2D eigenvalue weighted by Crippen LogP contribution is -2.36. The number of carboxylic acid groups (broad SMARTS) is 2. The molecule has 3 aromatic carbocycles. The van der Waals surface area contributed by atoms with E-state index in [1.54, 1.807) is 29.9 Å². The number of aliphatic carboxylic acids is 2. The first-order valence-electron chi connectivity index (χ1n) is 12.6. The number of aryl methyl sites for hydroxylation is 1. The summed E-state index contributed by atoms with van der Waals surface area (Å²) >= 11 is 0. The molecule has 0 unspecified atom stereocenters. The average molecular weight is 632 g/mol. The van der Waals surface area contributed by atoms with Crippen LogP contribution in [0.3, 0.4) is 0 Å². The molecule has 0 aliphatic heterocycles. The Kier molecular flexibility index (Phi) is 8.98. The van der Waals surface area contributed by atoms with Crippen LogP contribution in [0.25, 0.3) is 10.9 Å². The maximum Gasteiger partial charge on any atom is 0.324 e. The first-order chi connectivity index (χ1) is 20.3. The van der Waals surface area contributed by atoms with Crippen molar-refractivity contribution in [2.75, 3.05) is 31.6 Å². The van der Waals surface area contributed by atoms with Gasteiger partial charge in [-0.05, 0) is 66.2 Å². The second-order valence-corrected chi connectivity index (χ2v) is 13.2. The van der Waals surface area contributed by atoms with Gasteiger partial charge in [0, 0.05) is 25.2 Å². The van der Waals surface area contributed by atoms with Crippen LogP contribution in [-0.4, -0.2) is 75.2 Å². The van der Waals surface area contributed by atoms with Gasteiger partial charge in [-0.15, -0.1) is 0 Å². The Morgan fingerprint density at radius 2 is 1.28 bits per heavy atom. The minimum absolute atomic E-state index is 0.0246. The standard InChI is InChI=1S/C28H29N3O10S2/c1-29-15-19(16-30(17-26(32)33)42(36,37)22-11-7-20(40-2)8-12-22)28-24(29)5-4-6-25(28)31(18-27(34)35)43(38,39)23-13-9-21(41-3)10-14-23/h4-15H,16-18H2,1-3H3,(H,32,33)(H,34,35). The third kappa shape index (κ3) is 6.43. The molecule has 0 radical (unpaired) electrons. The first kappa shape index (κ1) is 31.3. The summed E-state index contributed by atoms with van der Waals surface area (Å²) in [6.45, 7) is -2.29. The number of fused-ring (bicyclic) bond motifs is 1. The molecule has 228 valence electrons. The number of aromatic nitrogens is 1. The highest BCUT2D eigenvalue weighted by Crippen LogP contribution is 2.36. The van der Waals surface area contributed by atoms with Crippen LogP contribution in [0.15, 0.2) is 82.7 Å². The molecule has 0 amide bonds. The van der Waals surface area contributed by atoms with E-state index in [-0.39, 0.29) is 26.4 Å². The van der Waals surface area contributed by atoms with Crippen LogP contribution >= 0.6 is 0 Å². The fraction of sp³-hybridized carbons (Fsp3) is 0.214. The van der Waals surface area contributed by atoms with Gasteiger partial charge in [-0.1, -0.05) is 6.07 Å². The van der Waals surface area contributed by atoms with E-state index in [2.05, 4.69) is 0 Å². The molecule has 4 aromatic rings. The van der Waals surface area contributed by atoms with E-state index in [4.69, 9.17) is 9.47 Å². The third-order valence-electron chi connectivity index (χ3n) is 6.62. The maximum absolute atomic E-state index is 13.8. The number of hydrogen-bond acceptors (Lipinski definition) is 8. The summed E-state index contributed by atoms with van der Waals surface area (Å²) in [7, 11) is -4.33. The zero-order valence-corrected chi connectivity index (χ0v) is 25.0. The highest BCUT2D eigenvalue weighted by atomic mass is 32.2. The SMILES string of the molecule is COc1ccc(S(=O)(=O)N(CC(=O)O)Cc2cn(C)c3cccc(N(CC(=O)O)S(=O)(=O)c4ccc(OC)cc4)c23)cc1. The van der Waals surface area contributed by atoms with Gasteiger partial charge in [-0.2, -0.15) is 4.31 Å². The van der Waals surface area contributed by atoms with Crippen molar-refractivity contribution in [1.82, 2.24) is 8.87 Å². The molecule has 15 heteroatoms. The van der Waals surface area contributed by atoms with Crippen LogP contribution in [0.1, 0.15) is 5.56 Å². The van der Waals surface area contributed by atoms with Gasteiger partial charge in [-0.25, -0.2) is 16.8 Å². The fourth-order valence-corrected chi connectivity index (χ4v) is 7.40. The van der Waals surface area contributed by atoms with Gasteiger partial charge in [0.2, 0.25) is 10.0 Å². The summed E-state index contributed by atoms with van der Waals surface area (Å²) in [5.74, 6) is -2.04. The maximum atomic E-state index is 13.8. The van der Waals surface area contributed by atoms with E-state index in [0.29, 0.717) is 17.0 Å². The third-order valence-corrected chi connectivity index (χ3v) is 10.2. The molecule has 2 N–H and O–H groups in total. The monoisotopic (exact) mass is 631 g/mol. The van der Waals surface area contributed by atoms with Crippen molar-refractivity contribution in [3.05, 3.63) is 78.5 Å². The minimum atomic E-state index is -4.45. The van der Waals surface area contributed by atoms with Crippen molar-refractivity contribution >= 4 is 48.6 Å². The average Bonchev–Trinajstić information content (AvgIpc) is 3.30. The van der Waals surface area contributed by atoms with E-state index in [1.807, 2.05) is 0 Å². The summed E-state index contributed by atoms with van der Waals surface area (Å²) in [5, 5.41) is 19.5. The predicted molar refractivity (Wildman–Crippen MR) is 156 cm³/mol. The zero-order chi connectivity index (χ0) is 31.5. The van der Waals surface area contributed by atoms with Crippen molar-refractivity contribution in [1.29, 1.82) is 0 Å². The van der Waals surface area contributed by atoms with Gasteiger partial charge in [-0.3, -0.25) is 13.9 Å². The number of anilines is 1. The largest absolute Gasteiger partial charge is 0.497 e. The van der Waals surface area contributed by atoms with Gasteiger partial charge < -0.3 is 24.3 Å². The Morgan fingerprint density at radius 3 is 1.77 bits per heavy atom. The number of rotatable bonds is 13. The Balaban J connectivity index is 1.88. The molecule has 0 spiro atoms. The second-order valence-electron chi connectivity index (χ2n) is 9.36. The molecule has 0 aliphatic carbocycles. The van der Waals surface area contributed by atoms with Crippen LogP contribution < -0.4 is 13.8 Å². The lowest BCUT2D eigenvalue weighted by atomic mass is 10.1. The van der Waals surface area contributed by atoms with Crippen LogP contribution in [0.4, 0.5) is 5.69 Å². The van der Waals surface area contributed by atoms with Gasteiger partial charge in [0.25, 0.3) is 10.0 Å². The van der Waals surface area contributed by atoms with Crippen LogP contribution in [0, 0.1) is 0 Å². The van der Waals surface area contributed by atoms with Crippen molar-refractivity contribution < 1.29 is 46.1 Å². The lowest BCUT2D eigenvalue weighted by Gasteiger charge is -2.25. The Hall–Kier alpha value is -4.60. The number of nitrogens with zero attached hydrogens (tertiary/aromatic N) is 3. The predicted octanol–water partition coefficient (Wildman–Crippen LogP) is 2.75. The smallest absolute Gasteiger partial charge is 0.324 e. The number of carboxylic acids is 2. The fourth-order valence-electron chi connectivity index (χ4n) is 4.61. The number of hydrogen-bond donors (Lipinski definition) is 2. The van der Waals surface area contributed by atoms with Crippen molar-refractivity contribution in [2.45, 2.75) is 16.3 Å². The Morgan fingerprint density at radius 1 is 0.767 bits per heavy atom. The van der Waals surface area contributed by atoms with E-state index < -0.39 is 51.6 Å². The van der Waals surface area contributed by atoms with E-state index in [9.17, 15) is 36.6 Å². The first-order valence-corrected chi connectivity index (χ1v) is 15.5. The molecule has 0 aliphatic rings. The number of benzene rings is 3. The summed E-state index contributed by atoms with van der Waals surface area (Å²) in [6, 6.07) is 15.4. The number of ether oxygens (including phenoxy) is 2. The summed E-state index contributed by atoms with van der Waals surface area (Å²) in [4.78, 5) is 23.3. The van der Waals surface area contributed by atoms with Crippen LogP contribution in [-0.2, 0) is 43.2 Å². The molecule has 0 bridgehead atoms. The van der Waals surface area contributed by atoms with Gasteiger partial charge in [0.15, 0.2) is 0 Å². The van der Waals surface area contributed by atoms with E-state index in [0.717, 1.165) is 8.61 Å². The Bertz CT molecular complexity index is 1870. The molecule has 1 heterocycles. The number of sulfonamides is 2. The lowest BCUT2D eigenvalue weighted by molar-refractivity contribution is -0.137. The van der Waals surface area contributed by atoms with Gasteiger partial charge in [0.1, 0.15) is 24.6 Å². The van der Waals surface area contributed by atoms with Crippen molar-refractivity contribution in [3.63, 3.8) is 0 Å². The van der Waals surface area contributed by atoms with Crippen LogP contribution in [0.2, 0.25) is 0 Å². The molecule has 0 saturated carbocycles. The number of carbonyl (C=O) groups is 2. The highest BCUT2D eigenvalue weighted by molar-refractivity contribution is 7.93. The molecule has 0 fully saturated rings. The molecule has 4 rings (SSSR count). The molecular weight excluding hydrogens is 602 g/mol. The van der Waals surface area contributed by atoms with E-state index in [1.165, 1.54) is 68.8 Å². The molecule has 13 nitrogen and oxygen atoms in total. The molecule has 0 atom stereocenters. The highest BCUT2D eigenvalue weighted by Gasteiger charge is 2.32. The quantitative estimate of drug-likeness (QED) is 0.223. The molecule has 1 aromatic heterocycles.